The Morgan fingerprint density at radius 3 is 2.77 bits per heavy atom. The van der Waals surface area contributed by atoms with Gasteiger partial charge < -0.3 is 15.8 Å². The van der Waals surface area contributed by atoms with Gasteiger partial charge in [0, 0.05) is 25.5 Å². The third-order valence-electron chi connectivity index (χ3n) is 3.05. The highest BCUT2D eigenvalue weighted by atomic mass is 35.5. The fraction of sp³-hybridized carbons (Fsp3) is 0.333. The molecule has 2 aromatic rings. The number of aromatic nitrogens is 1. The number of methoxy groups -OCH3 is 1. The average Bonchev–Trinajstić information content (AvgIpc) is 2.98. The van der Waals surface area contributed by atoms with Crippen LogP contribution in [0.3, 0.4) is 0 Å². The molecule has 120 valence electrons. The van der Waals surface area contributed by atoms with Gasteiger partial charge in [0.15, 0.2) is 0 Å². The summed E-state index contributed by atoms with van der Waals surface area (Å²) in [5.41, 5.74) is 6.94. The van der Waals surface area contributed by atoms with Crippen molar-refractivity contribution < 1.29 is 9.53 Å². The van der Waals surface area contributed by atoms with Crippen LogP contribution in [-0.4, -0.2) is 31.1 Å². The van der Waals surface area contributed by atoms with E-state index in [2.05, 4.69) is 10.3 Å². The Bertz CT molecular complexity index is 577. The molecule has 1 amide bonds. The Balaban J connectivity index is 0.00000242. The molecule has 1 aromatic carbocycles. The van der Waals surface area contributed by atoms with Gasteiger partial charge in [0.05, 0.1) is 11.1 Å². The van der Waals surface area contributed by atoms with Gasteiger partial charge in [0.1, 0.15) is 5.69 Å². The van der Waals surface area contributed by atoms with Crippen LogP contribution >= 0.6 is 23.7 Å². The van der Waals surface area contributed by atoms with Crippen LogP contribution in [0.25, 0.3) is 0 Å². The first-order chi connectivity index (χ1) is 10.2. The number of carbonyl (C=O) groups is 1. The van der Waals surface area contributed by atoms with Crippen molar-refractivity contribution in [2.45, 2.75) is 12.5 Å². The van der Waals surface area contributed by atoms with Gasteiger partial charge in [-0.3, -0.25) is 4.79 Å². The molecule has 2 rings (SSSR count). The molecule has 0 saturated carbocycles. The fourth-order valence-electron chi connectivity index (χ4n) is 1.93. The number of benzene rings is 1. The summed E-state index contributed by atoms with van der Waals surface area (Å²) in [4.78, 5) is 16.3. The van der Waals surface area contributed by atoms with Crippen molar-refractivity contribution in [1.82, 2.24) is 10.3 Å². The van der Waals surface area contributed by atoms with Gasteiger partial charge in [-0.05, 0) is 12.1 Å². The van der Waals surface area contributed by atoms with Crippen LogP contribution in [0.15, 0.2) is 35.7 Å². The van der Waals surface area contributed by atoms with Crippen LogP contribution in [0.5, 0.6) is 0 Å². The van der Waals surface area contributed by atoms with Gasteiger partial charge in [-0.1, -0.05) is 30.3 Å². The molecule has 7 heteroatoms. The summed E-state index contributed by atoms with van der Waals surface area (Å²) in [7, 11) is 1.63. The molecule has 1 aromatic heterocycles. The van der Waals surface area contributed by atoms with Crippen molar-refractivity contribution in [2.75, 3.05) is 20.2 Å². The van der Waals surface area contributed by atoms with E-state index in [1.807, 2.05) is 30.3 Å². The van der Waals surface area contributed by atoms with E-state index in [1.165, 1.54) is 11.3 Å². The van der Waals surface area contributed by atoms with Crippen LogP contribution in [0, 0.1) is 0 Å². The molecule has 3 N–H and O–H groups in total. The summed E-state index contributed by atoms with van der Waals surface area (Å²) in [6.45, 7) is 0.942. The number of ether oxygens (including phenoxy) is 1. The molecule has 0 aliphatic rings. The molecule has 0 saturated heterocycles. The lowest BCUT2D eigenvalue weighted by Crippen LogP contribution is -2.29. The highest BCUT2D eigenvalue weighted by molar-refractivity contribution is 7.09. The lowest BCUT2D eigenvalue weighted by atomic mass is 10.1. The van der Waals surface area contributed by atoms with E-state index in [0.29, 0.717) is 25.2 Å². The number of rotatable bonds is 7. The Morgan fingerprint density at radius 1 is 1.41 bits per heavy atom. The maximum atomic E-state index is 12.1. The predicted molar refractivity (Wildman–Crippen MR) is 90.6 cm³/mol. The van der Waals surface area contributed by atoms with Crippen molar-refractivity contribution >= 4 is 29.7 Å². The van der Waals surface area contributed by atoms with Crippen molar-refractivity contribution in [3.63, 3.8) is 0 Å². The summed E-state index contributed by atoms with van der Waals surface area (Å²) >= 11 is 1.46. The zero-order chi connectivity index (χ0) is 15.1. The molecule has 5 nitrogen and oxygen atoms in total. The van der Waals surface area contributed by atoms with E-state index in [-0.39, 0.29) is 24.4 Å². The van der Waals surface area contributed by atoms with E-state index in [4.69, 9.17) is 10.5 Å². The first-order valence-corrected chi connectivity index (χ1v) is 7.63. The van der Waals surface area contributed by atoms with E-state index >= 15 is 0 Å². The predicted octanol–water partition coefficient (Wildman–Crippen LogP) is 2.18. The van der Waals surface area contributed by atoms with Crippen molar-refractivity contribution in [3.05, 3.63) is 52.0 Å². The highest BCUT2D eigenvalue weighted by Crippen LogP contribution is 2.15. The van der Waals surface area contributed by atoms with Gasteiger partial charge in [-0.15, -0.1) is 23.7 Å². The van der Waals surface area contributed by atoms with Gasteiger partial charge in [0.2, 0.25) is 0 Å². The summed E-state index contributed by atoms with van der Waals surface area (Å²) in [5.74, 6) is -0.187. The first-order valence-electron chi connectivity index (χ1n) is 6.75. The molecule has 1 atom stereocenters. The Labute approximate surface area is 140 Å². The lowest BCUT2D eigenvalue weighted by Gasteiger charge is -2.16. The standard InChI is InChI=1S/C15H19N3O2S.ClH/c1-20-13(11-5-3-2-4-6-11)9-17-15(19)12-10-21-14(18-12)7-8-16;/h2-6,10,13H,7-9,16H2,1H3,(H,17,19);1H. The number of nitrogens with one attached hydrogen (secondary N) is 1. The van der Waals surface area contributed by atoms with Gasteiger partial charge in [0.25, 0.3) is 5.91 Å². The van der Waals surface area contributed by atoms with Crippen molar-refractivity contribution in [2.24, 2.45) is 5.73 Å². The Hall–Kier alpha value is -1.47. The molecule has 0 radical (unpaired) electrons. The smallest absolute Gasteiger partial charge is 0.270 e. The largest absolute Gasteiger partial charge is 0.375 e. The molecule has 22 heavy (non-hydrogen) atoms. The van der Waals surface area contributed by atoms with Crippen LogP contribution in [0.4, 0.5) is 0 Å². The maximum Gasteiger partial charge on any atom is 0.270 e. The Morgan fingerprint density at radius 2 is 2.14 bits per heavy atom. The number of hydrogen-bond acceptors (Lipinski definition) is 5. The summed E-state index contributed by atoms with van der Waals surface area (Å²) in [6, 6.07) is 9.79. The van der Waals surface area contributed by atoms with E-state index in [0.717, 1.165) is 10.6 Å². The van der Waals surface area contributed by atoms with Gasteiger partial charge in [-0.25, -0.2) is 4.98 Å². The minimum Gasteiger partial charge on any atom is -0.375 e. The summed E-state index contributed by atoms with van der Waals surface area (Å²) in [6.07, 6.45) is 0.528. The number of thiazole rings is 1. The second-order valence-corrected chi connectivity index (χ2v) is 5.45. The molecular formula is C15H20ClN3O2S. The average molecular weight is 342 g/mol. The van der Waals surface area contributed by atoms with Crippen molar-refractivity contribution in [1.29, 1.82) is 0 Å². The molecule has 0 aliphatic carbocycles. The second kappa shape index (κ2) is 9.53. The number of amides is 1. The van der Waals surface area contributed by atoms with E-state index < -0.39 is 0 Å². The van der Waals surface area contributed by atoms with Crippen LogP contribution < -0.4 is 11.1 Å². The quantitative estimate of drug-likeness (QED) is 0.809. The lowest BCUT2D eigenvalue weighted by molar-refractivity contribution is 0.0824. The number of hydrogen-bond donors (Lipinski definition) is 2. The molecule has 1 heterocycles. The number of halogens is 1. The maximum absolute atomic E-state index is 12.1. The SMILES string of the molecule is COC(CNC(=O)c1csc(CCN)n1)c1ccccc1.Cl. The summed E-state index contributed by atoms with van der Waals surface area (Å²) in [5, 5.41) is 5.49. The third-order valence-corrected chi connectivity index (χ3v) is 3.96. The van der Waals surface area contributed by atoms with Gasteiger partial charge in [-0.2, -0.15) is 0 Å². The van der Waals surface area contributed by atoms with E-state index in [9.17, 15) is 4.79 Å². The molecule has 0 bridgehead atoms. The fourth-order valence-corrected chi connectivity index (χ4v) is 2.73. The Kier molecular flexibility index (Phi) is 8.05. The minimum atomic E-state index is -0.187. The molecule has 0 spiro atoms. The van der Waals surface area contributed by atoms with Crippen LogP contribution in [-0.2, 0) is 11.2 Å². The zero-order valence-electron chi connectivity index (χ0n) is 12.3. The first kappa shape index (κ1) is 18.6. The molecule has 1 unspecified atom stereocenters. The zero-order valence-corrected chi connectivity index (χ0v) is 14.0. The second-order valence-electron chi connectivity index (χ2n) is 4.51. The van der Waals surface area contributed by atoms with Crippen LogP contribution in [0.2, 0.25) is 0 Å². The third kappa shape index (κ3) is 5.06. The van der Waals surface area contributed by atoms with E-state index in [1.54, 1.807) is 12.5 Å². The van der Waals surface area contributed by atoms with Gasteiger partial charge >= 0.3 is 0 Å². The molecule has 0 fully saturated rings. The topological polar surface area (TPSA) is 77.2 Å². The summed E-state index contributed by atoms with van der Waals surface area (Å²) < 4.78 is 5.42. The van der Waals surface area contributed by atoms with Crippen molar-refractivity contribution in [3.8, 4) is 0 Å². The number of nitrogens with zero attached hydrogens (tertiary/aromatic N) is 1. The van der Waals surface area contributed by atoms with Crippen LogP contribution in [0.1, 0.15) is 27.2 Å². The number of carbonyl (C=O) groups excluding carboxylic acids is 1. The highest BCUT2D eigenvalue weighted by Gasteiger charge is 2.14. The molecular weight excluding hydrogens is 322 g/mol. The monoisotopic (exact) mass is 341 g/mol. The number of nitrogens with two attached hydrogens (primary N) is 1. The normalized spacial score (nSPS) is 11.5. The minimum absolute atomic E-state index is 0. The molecule has 0 aliphatic heterocycles.